The molecule has 0 aliphatic rings. The van der Waals surface area contributed by atoms with E-state index in [1.165, 1.54) is 7.11 Å². The number of esters is 1. The van der Waals surface area contributed by atoms with Gasteiger partial charge in [0.15, 0.2) is 0 Å². The van der Waals surface area contributed by atoms with Gasteiger partial charge in [0.05, 0.1) is 20.1 Å². The van der Waals surface area contributed by atoms with Crippen molar-refractivity contribution < 1.29 is 13.9 Å². The zero-order valence-corrected chi connectivity index (χ0v) is 9.37. The number of methoxy groups -OCH3 is 1. The van der Waals surface area contributed by atoms with Gasteiger partial charge in [0.25, 0.3) is 0 Å². The summed E-state index contributed by atoms with van der Waals surface area (Å²) in [6, 6.07) is 3.93. The molecule has 0 aliphatic carbocycles. The Kier molecular flexibility index (Phi) is 4.37. The van der Waals surface area contributed by atoms with Gasteiger partial charge in [0, 0.05) is 6.04 Å². The van der Waals surface area contributed by atoms with Gasteiger partial charge in [-0.05, 0) is 26.0 Å². The zero-order valence-electron chi connectivity index (χ0n) is 9.37. The molecule has 84 valence electrons. The molecule has 0 amide bonds. The van der Waals surface area contributed by atoms with E-state index in [0.717, 1.165) is 11.5 Å². The normalized spacial score (nSPS) is 12.5. The molecule has 0 saturated heterocycles. The van der Waals surface area contributed by atoms with Crippen LogP contribution in [0.25, 0.3) is 0 Å². The number of hydrogen-bond acceptors (Lipinski definition) is 4. The molecule has 1 aromatic rings. The number of carbonyl (C=O) groups excluding carboxylic acids is 1. The predicted molar refractivity (Wildman–Crippen MR) is 56.4 cm³/mol. The summed E-state index contributed by atoms with van der Waals surface area (Å²) < 4.78 is 9.96. The lowest BCUT2D eigenvalue weighted by Gasteiger charge is -2.10. The van der Waals surface area contributed by atoms with Crippen molar-refractivity contribution >= 4 is 5.97 Å². The van der Waals surface area contributed by atoms with Crippen molar-refractivity contribution in [3.05, 3.63) is 23.7 Å². The summed E-state index contributed by atoms with van der Waals surface area (Å²) in [6.45, 7) is 4.47. The molecule has 0 saturated carbocycles. The molecule has 0 aromatic carbocycles. The van der Waals surface area contributed by atoms with Crippen molar-refractivity contribution in [2.45, 2.75) is 32.9 Å². The molecule has 0 bridgehead atoms. The third-order valence-electron chi connectivity index (χ3n) is 2.12. The van der Waals surface area contributed by atoms with Gasteiger partial charge >= 0.3 is 5.97 Å². The van der Waals surface area contributed by atoms with Crippen LogP contribution in [0.4, 0.5) is 0 Å². The Morgan fingerprint density at radius 3 is 2.87 bits per heavy atom. The van der Waals surface area contributed by atoms with Crippen molar-refractivity contribution in [3.8, 4) is 0 Å². The predicted octanol–water partition coefficient (Wildman–Crippen LogP) is 1.63. The molecular formula is C11H17NO3. The highest BCUT2D eigenvalue weighted by Gasteiger charge is 2.09. The first-order valence-electron chi connectivity index (χ1n) is 4.97. The van der Waals surface area contributed by atoms with E-state index in [1.54, 1.807) is 0 Å². The summed E-state index contributed by atoms with van der Waals surface area (Å²) in [4.78, 5) is 11.0. The summed E-state index contributed by atoms with van der Waals surface area (Å²) in [6.07, 6.45) is 0.371. The Morgan fingerprint density at radius 2 is 2.33 bits per heavy atom. The van der Waals surface area contributed by atoms with Gasteiger partial charge in [0.2, 0.25) is 0 Å². The standard InChI is InChI=1S/C11H17NO3/c1-8(6-11(13)14-3)12-7-10-5-4-9(2)15-10/h4-5,8,12H,6-7H2,1-3H3. The number of nitrogens with one attached hydrogen (secondary N) is 1. The van der Waals surface area contributed by atoms with E-state index < -0.39 is 0 Å². The number of rotatable bonds is 5. The second-order valence-corrected chi connectivity index (χ2v) is 3.57. The van der Waals surface area contributed by atoms with Gasteiger partial charge in [-0.3, -0.25) is 4.79 Å². The molecule has 4 heteroatoms. The largest absolute Gasteiger partial charge is 0.469 e. The van der Waals surface area contributed by atoms with Crippen LogP contribution in [0.1, 0.15) is 24.9 Å². The quantitative estimate of drug-likeness (QED) is 0.752. The fourth-order valence-corrected chi connectivity index (χ4v) is 1.26. The smallest absolute Gasteiger partial charge is 0.307 e. The molecule has 0 radical (unpaired) electrons. The van der Waals surface area contributed by atoms with Gasteiger partial charge in [-0.25, -0.2) is 0 Å². The Labute approximate surface area is 89.6 Å². The van der Waals surface area contributed by atoms with Crippen LogP contribution in [-0.4, -0.2) is 19.1 Å². The van der Waals surface area contributed by atoms with Crippen molar-refractivity contribution in [1.82, 2.24) is 5.32 Å². The van der Waals surface area contributed by atoms with E-state index in [-0.39, 0.29) is 12.0 Å². The average molecular weight is 211 g/mol. The molecule has 1 N–H and O–H groups in total. The lowest BCUT2D eigenvalue weighted by Crippen LogP contribution is -2.28. The molecule has 4 nitrogen and oxygen atoms in total. The minimum atomic E-state index is -0.203. The van der Waals surface area contributed by atoms with Crippen LogP contribution in [0.15, 0.2) is 16.5 Å². The van der Waals surface area contributed by atoms with Gasteiger partial charge in [0.1, 0.15) is 11.5 Å². The van der Waals surface area contributed by atoms with E-state index in [4.69, 9.17) is 4.42 Å². The molecule has 0 spiro atoms. The lowest BCUT2D eigenvalue weighted by molar-refractivity contribution is -0.141. The summed E-state index contributed by atoms with van der Waals surface area (Å²) in [5.74, 6) is 1.57. The topological polar surface area (TPSA) is 51.5 Å². The molecule has 1 aromatic heterocycles. The molecule has 15 heavy (non-hydrogen) atoms. The molecule has 0 fully saturated rings. The van der Waals surface area contributed by atoms with Crippen LogP contribution >= 0.6 is 0 Å². The minimum Gasteiger partial charge on any atom is -0.469 e. The van der Waals surface area contributed by atoms with Gasteiger partial charge in [-0.15, -0.1) is 0 Å². The number of ether oxygens (including phenoxy) is 1. The van der Waals surface area contributed by atoms with Gasteiger partial charge in [-0.1, -0.05) is 0 Å². The summed E-state index contributed by atoms with van der Waals surface area (Å²) >= 11 is 0. The molecule has 1 rings (SSSR count). The van der Waals surface area contributed by atoms with E-state index in [2.05, 4.69) is 10.1 Å². The Bertz CT molecular complexity index is 319. The maximum Gasteiger partial charge on any atom is 0.307 e. The van der Waals surface area contributed by atoms with Crippen molar-refractivity contribution in [2.24, 2.45) is 0 Å². The van der Waals surface area contributed by atoms with Crippen LogP contribution in [0.5, 0.6) is 0 Å². The maximum atomic E-state index is 11.0. The average Bonchev–Trinajstić information content (AvgIpc) is 2.61. The van der Waals surface area contributed by atoms with Crippen molar-refractivity contribution in [2.75, 3.05) is 7.11 Å². The Morgan fingerprint density at radius 1 is 1.60 bits per heavy atom. The minimum absolute atomic E-state index is 0.0860. The second-order valence-electron chi connectivity index (χ2n) is 3.57. The highest BCUT2D eigenvalue weighted by Crippen LogP contribution is 2.06. The highest BCUT2D eigenvalue weighted by atomic mass is 16.5. The SMILES string of the molecule is COC(=O)CC(C)NCc1ccc(C)o1. The van der Waals surface area contributed by atoms with Crippen LogP contribution in [0.3, 0.4) is 0 Å². The number of carbonyl (C=O) groups is 1. The van der Waals surface area contributed by atoms with Gasteiger partial charge in [-0.2, -0.15) is 0 Å². The Balaban J connectivity index is 2.28. The van der Waals surface area contributed by atoms with Crippen LogP contribution < -0.4 is 5.32 Å². The number of hydrogen-bond donors (Lipinski definition) is 1. The maximum absolute atomic E-state index is 11.0. The Hall–Kier alpha value is -1.29. The highest BCUT2D eigenvalue weighted by molar-refractivity contribution is 5.69. The molecule has 1 atom stereocenters. The van der Waals surface area contributed by atoms with E-state index >= 15 is 0 Å². The fourth-order valence-electron chi connectivity index (χ4n) is 1.26. The first-order valence-corrected chi connectivity index (χ1v) is 4.97. The zero-order chi connectivity index (χ0) is 11.3. The summed E-state index contributed by atoms with van der Waals surface area (Å²) in [5, 5.41) is 3.18. The first-order chi connectivity index (χ1) is 7.11. The van der Waals surface area contributed by atoms with Gasteiger partial charge < -0.3 is 14.5 Å². The second kappa shape index (κ2) is 5.56. The monoisotopic (exact) mass is 211 g/mol. The summed E-state index contributed by atoms with van der Waals surface area (Å²) in [7, 11) is 1.39. The third-order valence-corrected chi connectivity index (χ3v) is 2.12. The van der Waals surface area contributed by atoms with Crippen molar-refractivity contribution in [3.63, 3.8) is 0 Å². The number of furan rings is 1. The first kappa shape index (κ1) is 11.8. The summed E-state index contributed by atoms with van der Waals surface area (Å²) in [5.41, 5.74) is 0. The molecular weight excluding hydrogens is 194 g/mol. The van der Waals surface area contributed by atoms with E-state index in [0.29, 0.717) is 13.0 Å². The fraction of sp³-hybridized carbons (Fsp3) is 0.545. The third kappa shape index (κ3) is 4.16. The number of aryl methyl sites for hydroxylation is 1. The molecule has 1 heterocycles. The van der Waals surface area contributed by atoms with E-state index in [1.807, 2.05) is 26.0 Å². The van der Waals surface area contributed by atoms with Crippen LogP contribution in [0.2, 0.25) is 0 Å². The van der Waals surface area contributed by atoms with Crippen LogP contribution in [-0.2, 0) is 16.1 Å². The molecule has 1 unspecified atom stereocenters. The van der Waals surface area contributed by atoms with Crippen LogP contribution in [0, 0.1) is 6.92 Å². The van der Waals surface area contributed by atoms with Crippen molar-refractivity contribution in [1.29, 1.82) is 0 Å². The molecule has 0 aliphatic heterocycles. The lowest BCUT2D eigenvalue weighted by atomic mass is 10.2. The van der Waals surface area contributed by atoms with E-state index in [9.17, 15) is 4.79 Å².